The summed E-state index contributed by atoms with van der Waals surface area (Å²) in [6.07, 6.45) is 3.36. The van der Waals surface area contributed by atoms with E-state index in [0.717, 1.165) is 36.5 Å². The van der Waals surface area contributed by atoms with Gasteiger partial charge in [-0.15, -0.1) is 0 Å². The number of imidazole rings is 1. The molecular weight excluding hydrogens is 369 g/mol. The number of aromatic nitrogens is 2. The molecule has 0 atom stereocenters. The van der Waals surface area contributed by atoms with Crippen LogP contribution in [0.3, 0.4) is 0 Å². The average Bonchev–Trinajstić information content (AvgIpc) is 3.41. The van der Waals surface area contributed by atoms with Crippen molar-refractivity contribution in [2.75, 3.05) is 6.61 Å². The van der Waals surface area contributed by atoms with E-state index in [2.05, 4.69) is 21.3 Å². The highest BCUT2D eigenvalue weighted by Gasteiger charge is 2.23. The number of nitrogens with zero attached hydrogens (tertiary/aromatic N) is 2. The van der Waals surface area contributed by atoms with E-state index in [4.69, 9.17) is 33.3 Å². The first-order chi connectivity index (χ1) is 12.6. The lowest BCUT2D eigenvalue weighted by Crippen LogP contribution is -2.25. The van der Waals surface area contributed by atoms with E-state index in [0.29, 0.717) is 28.0 Å². The summed E-state index contributed by atoms with van der Waals surface area (Å²) >= 11 is 12.0. The molecule has 1 fully saturated rings. The van der Waals surface area contributed by atoms with E-state index >= 15 is 0 Å². The molecule has 0 aliphatic heterocycles. The first kappa shape index (κ1) is 17.5. The molecule has 2 aromatic carbocycles. The van der Waals surface area contributed by atoms with Gasteiger partial charge in [-0.05, 0) is 55.5 Å². The second-order valence-electron chi connectivity index (χ2n) is 6.79. The van der Waals surface area contributed by atoms with Gasteiger partial charge in [0.05, 0.1) is 22.7 Å². The van der Waals surface area contributed by atoms with E-state index in [1.165, 1.54) is 12.8 Å². The van der Waals surface area contributed by atoms with Crippen LogP contribution in [-0.2, 0) is 13.1 Å². The predicted molar refractivity (Wildman–Crippen MR) is 105 cm³/mol. The zero-order valence-electron chi connectivity index (χ0n) is 14.4. The maximum atomic E-state index is 8.60. The Labute approximate surface area is 162 Å². The molecule has 1 N–H and O–H groups in total. The zero-order valence-corrected chi connectivity index (χ0v) is 15.9. The lowest BCUT2D eigenvalue weighted by Gasteiger charge is -2.09. The van der Waals surface area contributed by atoms with Crippen molar-refractivity contribution in [3.63, 3.8) is 0 Å². The lowest BCUT2D eigenvalue weighted by atomic mass is 10.3. The molecule has 1 saturated carbocycles. The Bertz CT molecular complexity index is 988. The summed E-state index contributed by atoms with van der Waals surface area (Å²) in [5, 5.41) is 9.72. The summed E-state index contributed by atoms with van der Waals surface area (Å²) in [4.78, 5) is 0. The summed E-state index contributed by atoms with van der Waals surface area (Å²) in [5.74, 6) is 1.38. The fraction of sp³-hybridized carbons (Fsp3) is 0.350. The Morgan fingerprint density at radius 2 is 1.77 bits per heavy atom. The molecule has 1 aliphatic rings. The lowest BCUT2D eigenvalue weighted by molar-refractivity contribution is 0.301. The third kappa shape index (κ3) is 3.62. The third-order valence-corrected chi connectivity index (χ3v) is 5.32. The van der Waals surface area contributed by atoms with Gasteiger partial charge in [-0.25, -0.2) is 0 Å². The van der Waals surface area contributed by atoms with Gasteiger partial charge in [0, 0.05) is 18.1 Å². The van der Waals surface area contributed by atoms with Gasteiger partial charge in [0.2, 0.25) is 5.62 Å². The summed E-state index contributed by atoms with van der Waals surface area (Å²) in [7, 11) is 0. The Morgan fingerprint density at radius 1 is 1.04 bits per heavy atom. The van der Waals surface area contributed by atoms with Gasteiger partial charge in [-0.1, -0.05) is 35.3 Å². The summed E-state index contributed by atoms with van der Waals surface area (Å²) in [6.45, 7) is 2.22. The molecule has 136 valence electrons. The number of benzene rings is 2. The molecule has 0 radical (unpaired) electrons. The molecule has 0 amide bonds. The van der Waals surface area contributed by atoms with Crippen LogP contribution in [0.5, 0.6) is 5.75 Å². The highest BCUT2D eigenvalue weighted by atomic mass is 35.5. The Hall–Kier alpha value is -1.91. The average molecular weight is 390 g/mol. The second-order valence-corrected chi connectivity index (χ2v) is 7.64. The Kier molecular flexibility index (Phi) is 4.96. The second kappa shape index (κ2) is 7.37. The molecule has 0 saturated heterocycles. The first-order valence-electron chi connectivity index (χ1n) is 8.94. The number of rotatable bonds is 7. The number of aryl methyl sites for hydroxylation is 1. The number of hydrogen-bond acceptors (Lipinski definition) is 2. The molecule has 1 aromatic heterocycles. The van der Waals surface area contributed by atoms with E-state index in [1.807, 2.05) is 12.1 Å². The van der Waals surface area contributed by atoms with Crippen LogP contribution in [0.25, 0.3) is 11.0 Å². The maximum Gasteiger partial charge on any atom is 0.203 e. The molecule has 1 aliphatic carbocycles. The standard InChI is InChI=1S/C20H21Cl2N3O/c21-15-8-9-19(16(22)12-15)26-11-3-10-24-17-4-1-2-5-18(17)25(20(24)23)13-14-6-7-14/h1-2,4-5,8-9,12,14,23H,3,6-7,10-11,13H2. The molecule has 4 rings (SSSR count). The molecule has 0 spiro atoms. The van der Waals surface area contributed by atoms with E-state index in [1.54, 1.807) is 18.2 Å². The topological polar surface area (TPSA) is 42.9 Å². The van der Waals surface area contributed by atoms with Gasteiger partial charge in [-0.2, -0.15) is 0 Å². The number of hydrogen-bond donors (Lipinski definition) is 1. The minimum Gasteiger partial charge on any atom is -0.492 e. The van der Waals surface area contributed by atoms with Crippen LogP contribution in [0, 0.1) is 11.3 Å². The van der Waals surface area contributed by atoms with Crippen LogP contribution < -0.4 is 10.4 Å². The first-order valence-corrected chi connectivity index (χ1v) is 9.69. The normalized spacial score (nSPS) is 14.1. The fourth-order valence-electron chi connectivity index (χ4n) is 3.26. The largest absolute Gasteiger partial charge is 0.492 e. The summed E-state index contributed by atoms with van der Waals surface area (Å²) < 4.78 is 9.99. The maximum absolute atomic E-state index is 8.60. The van der Waals surface area contributed by atoms with Crippen LogP contribution >= 0.6 is 23.2 Å². The molecule has 0 bridgehead atoms. The molecule has 4 nitrogen and oxygen atoms in total. The predicted octanol–water partition coefficient (Wildman–Crippen LogP) is 5.11. The number of fused-ring (bicyclic) bond motifs is 1. The molecule has 6 heteroatoms. The Morgan fingerprint density at radius 3 is 2.46 bits per heavy atom. The van der Waals surface area contributed by atoms with Crippen molar-refractivity contribution < 1.29 is 4.74 Å². The van der Waals surface area contributed by atoms with Gasteiger partial charge in [0.1, 0.15) is 5.75 Å². The van der Waals surface area contributed by atoms with Crippen LogP contribution in [0.2, 0.25) is 10.0 Å². The van der Waals surface area contributed by atoms with Gasteiger partial charge in [0.25, 0.3) is 0 Å². The van der Waals surface area contributed by atoms with Crippen molar-refractivity contribution in [3.05, 3.63) is 58.1 Å². The number of nitrogens with one attached hydrogen (secondary N) is 1. The van der Waals surface area contributed by atoms with E-state index in [-0.39, 0.29) is 0 Å². The molecule has 26 heavy (non-hydrogen) atoms. The van der Waals surface area contributed by atoms with Crippen molar-refractivity contribution in [1.29, 1.82) is 5.41 Å². The SMILES string of the molecule is N=c1n(CCCOc2ccc(Cl)cc2Cl)c2ccccc2n1CC1CC1. The highest BCUT2D eigenvalue weighted by molar-refractivity contribution is 6.35. The van der Waals surface area contributed by atoms with Gasteiger partial charge < -0.3 is 13.9 Å². The molecule has 0 unspecified atom stereocenters. The van der Waals surface area contributed by atoms with Gasteiger partial charge in [0.15, 0.2) is 0 Å². The van der Waals surface area contributed by atoms with E-state index < -0.39 is 0 Å². The number of ether oxygens (including phenoxy) is 1. The van der Waals surface area contributed by atoms with Crippen LogP contribution in [0.15, 0.2) is 42.5 Å². The van der Waals surface area contributed by atoms with Gasteiger partial charge >= 0.3 is 0 Å². The van der Waals surface area contributed by atoms with Crippen LogP contribution in [0.4, 0.5) is 0 Å². The fourth-order valence-corrected chi connectivity index (χ4v) is 3.72. The van der Waals surface area contributed by atoms with Crippen LogP contribution in [0.1, 0.15) is 19.3 Å². The van der Waals surface area contributed by atoms with Crippen molar-refractivity contribution in [2.45, 2.75) is 32.4 Å². The van der Waals surface area contributed by atoms with E-state index in [9.17, 15) is 0 Å². The number of halogens is 2. The zero-order chi connectivity index (χ0) is 18.1. The summed E-state index contributed by atoms with van der Waals surface area (Å²) in [6, 6.07) is 13.5. The molecule has 3 aromatic rings. The Balaban J connectivity index is 1.47. The summed E-state index contributed by atoms with van der Waals surface area (Å²) in [5.41, 5.74) is 2.83. The van der Waals surface area contributed by atoms with Crippen molar-refractivity contribution >= 4 is 34.2 Å². The van der Waals surface area contributed by atoms with Crippen LogP contribution in [-0.4, -0.2) is 15.7 Å². The molecular formula is C20H21Cl2N3O. The minimum atomic E-state index is 0.521. The smallest absolute Gasteiger partial charge is 0.203 e. The van der Waals surface area contributed by atoms with Crippen molar-refractivity contribution in [1.82, 2.24) is 9.13 Å². The van der Waals surface area contributed by atoms with Crippen molar-refractivity contribution in [2.24, 2.45) is 5.92 Å². The quantitative estimate of drug-likeness (QED) is 0.560. The van der Waals surface area contributed by atoms with Crippen molar-refractivity contribution in [3.8, 4) is 5.75 Å². The minimum absolute atomic E-state index is 0.521. The number of para-hydroxylation sites is 2. The third-order valence-electron chi connectivity index (χ3n) is 4.79. The molecule has 1 heterocycles. The highest BCUT2D eigenvalue weighted by Crippen LogP contribution is 2.31. The monoisotopic (exact) mass is 389 g/mol. The van der Waals surface area contributed by atoms with Gasteiger partial charge in [-0.3, -0.25) is 5.41 Å².